The monoisotopic (exact) mass is 233 g/mol. The number of fused-ring (bicyclic) bond motifs is 3. The van der Waals surface area contributed by atoms with Gasteiger partial charge >= 0.3 is 0 Å². The molecule has 1 N–H and O–H groups in total. The second kappa shape index (κ2) is 3.53. The zero-order valence-electron chi connectivity index (χ0n) is 9.57. The molecule has 3 aliphatic rings. The largest absolute Gasteiger partial charge is 0.492 e. The van der Waals surface area contributed by atoms with Crippen LogP contribution in [0, 0.1) is 0 Å². The lowest BCUT2D eigenvalue weighted by Crippen LogP contribution is -2.29. The van der Waals surface area contributed by atoms with Gasteiger partial charge in [-0.1, -0.05) is 0 Å². The maximum Gasteiger partial charge on any atom is 0.231 e. The summed E-state index contributed by atoms with van der Waals surface area (Å²) in [6.07, 6.45) is 2.47. The van der Waals surface area contributed by atoms with E-state index in [1.165, 1.54) is 18.4 Å². The van der Waals surface area contributed by atoms with Gasteiger partial charge in [-0.25, -0.2) is 0 Å². The van der Waals surface area contributed by atoms with Crippen LogP contribution in [0.15, 0.2) is 12.1 Å². The summed E-state index contributed by atoms with van der Waals surface area (Å²) < 4.78 is 16.8. The highest BCUT2D eigenvalue weighted by Crippen LogP contribution is 2.49. The Bertz CT molecular complexity index is 454. The third-order valence-corrected chi connectivity index (χ3v) is 3.91. The summed E-state index contributed by atoms with van der Waals surface area (Å²) in [5.74, 6) is 3.13. The Hall–Kier alpha value is -1.42. The number of benzene rings is 1. The average Bonchev–Trinajstić information content (AvgIpc) is 3.08. The third kappa shape index (κ3) is 1.33. The van der Waals surface area contributed by atoms with Gasteiger partial charge in [-0.05, 0) is 31.5 Å². The molecule has 0 radical (unpaired) electrons. The Balaban J connectivity index is 1.78. The summed E-state index contributed by atoms with van der Waals surface area (Å²) in [5.41, 5.74) is 1.21. The molecule has 0 saturated carbocycles. The highest BCUT2D eigenvalue weighted by atomic mass is 16.7. The lowest BCUT2D eigenvalue weighted by atomic mass is 9.91. The van der Waals surface area contributed by atoms with Gasteiger partial charge in [0, 0.05) is 17.5 Å². The van der Waals surface area contributed by atoms with E-state index in [-0.39, 0.29) is 0 Å². The zero-order chi connectivity index (χ0) is 11.2. The number of hydrogen-bond donors (Lipinski definition) is 1. The van der Waals surface area contributed by atoms with Crippen molar-refractivity contribution < 1.29 is 14.2 Å². The first-order valence-corrected chi connectivity index (χ1v) is 6.22. The minimum absolute atomic E-state index is 0.330. The smallest absolute Gasteiger partial charge is 0.231 e. The molecule has 0 aliphatic carbocycles. The van der Waals surface area contributed by atoms with Gasteiger partial charge in [-0.3, -0.25) is 0 Å². The zero-order valence-corrected chi connectivity index (χ0v) is 9.57. The predicted octanol–water partition coefficient (Wildman–Crippen LogP) is 1.64. The Kier molecular flexibility index (Phi) is 1.99. The molecule has 4 nitrogen and oxygen atoms in total. The van der Waals surface area contributed by atoms with Gasteiger partial charge in [0.05, 0.1) is 6.61 Å². The Labute approximate surface area is 99.9 Å². The summed E-state index contributed by atoms with van der Waals surface area (Å²) >= 11 is 0. The Morgan fingerprint density at radius 1 is 1.12 bits per heavy atom. The van der Waals surface area contributed by atoms with Gasteiger partial charge in [0.2, 0.25) is 6.79 Å². The van der Waals surface area contributed by atoms with Crippen LogP contribution in [0.25, 0.3) is 0 Å². The molecular formula is C13H15NO3. The van der Waals surface area contributed by atoms with Gasteiger partial charge < -0.3 is 19.5 Å². The van der Waals surface area contributed by atoms with E-state index < -0.39 is 0 Å². The lowest BCUT2D eigenvalue weighted by Gasteiger charge is -2.18. The van der Waals surface area contributed by atoms with E-state index in [9.17, 15) is 0 Å². The van der Waals surface area contributed by atoms with Crippen molar-refractivity contribution >= 4 is 0 Å². The van der Waals surface area contributed by atoms with Crippen molar-refractivity contribution in [2.45, 2.75) is 24.8 Å². The quantitative estimate of drug-likeness (QED) is 0.800. The molecule has 3 heterocycles. The van der Waals surface area contributed by atoms with Crippen molar-refractivity contribution in [3.63, 3.8) is 0 Å². The van der Waals surface area contributed by atoms with Crippen molar-refractivity contribution in [1.82, 2.24) is 5.32 Å². The predicted molar refractivity (Wildman–Crippen MR) is 61.8 cm³/mol. The van der Waals surface area contributed by atoms with Gasteiger partial charge in [-0.15, -0.1) is 0 Å². The highest BCUT2D eigenvalue weighted by Gasteiger charge is 2.38. The van der Waals surface area contributed by atoms with E-state index in [0.29, 0.717) is 18.8 Å². The maximum absolute atomic E-state index is 5.77. The van der Waals surface area contributed by atoms with E-state index in [2.05, 4.69) is 5.32 Å². The van der Waals surface area contributed by atoms with Crippen LogP contribution >= 0.6 is 0 Å². The van der Waals surface area contributed by atoms with Crippen LogP contribution in [0.2, 0.25) is 0 Å². The fourth-order valence-electron chi connectivity index (χ4n) is 3.09. The normalized spacial score (nSPS) is 29.2. The number of nitrogens with one attached hydrogen (secondary N) is 1. The minimum Gasteiger partial charge on any atom is -0.492 e. The van der Waals surface area contributed by atoms with Gasteiger partial charge in [0.25, 0.3) is 0 Å². The first kappa shape index (κ1) is 9.59. The standard InChI is InChI=1S/C13H15NO3/c1-2-9(14-5-1)8-6-15-10-3-4-11-13(12(8)10)17-7-16-11/h3-4,8-9,14H,1-2,5-7H2/t8-,9+/m1/s1. The molecule has 0 unspecified atom stereocenters. The Morgan fingerprint density at radius 3 is 2.94 bits per heavy atom. The average molecular weight is 233 g/mol. The second-order valence-corrected chi connectivity index (χ2v) is 4.83. The Morgan fingerprint density at radius 2 is 2.06 bits per heavy atom. The maximum atomic E-state index is 5.77. The fourth-order valence-corrected chi connectivity index (χ4v) is 3.09. The van der Waals surface area contributed by atoms with Crippen molar-refractivity contribution in [3.05, 3.63) is 17.7 Å². The van der Waals surface area contributed by atoms with Gasteiger partial charge in [0.15, 0.2) is 11.5 Å². The van der Waals surface area contributed by atoms with Crippen LogP contribution in [0.5, 0.6) is 17.2 Å². The summed E-state index contributed by atoms with van der Waals surface area (Å²) in [6.45, 7) is 2.20. The molecule has 0 aromatic heterocycles. The molecule has 2 atom stereocenters. The van der Waals surface area contributed by atoms with Crippen LogP contribution in [0.4, 0.5) is 0 Å². The van der Waals surface area contributed by atoms with Crippen LogP contribution in [-0.2, 0) is 0 Å². The number of hydrogen-bond acceptors (Lipinski definition) is 4. The fraction of sp³-hybridized carbons (Fsp3) is 0.538. The molecule has 3 aliphatic heterocycles. The van der Waals surface area contributed by atoms with Crippen LogP contribution in [0.1, 0.15) is 24.3 Å². The molecule has 1 saturated heterocycles. The molecule has 90 valence electrons. The molecule has 17 heavy (non-hydrogen) atoms. The summed E-state index contributed by atoms with van der Waals surface area (Å²) in [6, 6.07) is 4.45. The molecule has 4 heteroatoms. The number of ether oxygens (including phenoxy) is 3. The van der Waals surface area contributed by atoms with Crippen LogP contribution < -0.4 is 19.5 Å². The van der Waals surface area contributed by atoms with E-state index in [0.717, 1.165) is 30.4 Å². The van der Waals surface area contributed by atoms with Crippen LogP contribution in [0.3, 0.4) is 0 Å². The summed E-state index contributed by atoms with van der Waals surface area (Å²) in [7, 11) is 0. The first-order valence-electron chi connectivity index (χ1n) is 6.22. The molecule has 1 fully saturated rings. The van der Waals surface area contributed by atoms with E-state index >= 15 is 0 Å². The molecule has 0 amide bonds. The van der Waals surface area contributed by atoms with E-state index in [1.54, 1.807) is 0 Å². The SMILES string of the molecule is c1cc2c(c3c1OCO3)[C@@H]([C@@H]1CCCN1)CO2. The van der Waals surface area contributed by atoms with Crippen molar-refractivity contribution in [3.8, 4) is 17.2 Å². The van der Waals surface area contributed by atoms with Gasteiger partial charge in [0.1, 0.15) is 5.75 Å². The molecule has 0 spiro atoms. The lowest BCUT2D eigenvalue weighted by molar-refractivity contribution is 0.172. The minimum atomic E-state index is 0.330. The highest BCUT2D eigenvalue weighted by molar-refractivity contribution is 5.58. The molecular weight excluding hydrogens is 218 g/mol. The van der Waals surface area contributed by atoms with E-state index in [1.807, 2.05) is 12.1 Å². The molecule has 4 rings (SSSR count). The second-order valence-electron chi connectivity index (χ2n) is 4.83. The summed E-state index contributed by atoms with van der Waals surface area (Å²) in [4.78, 5) is 0. The molecule has 1 aromatic rings. The first-order chi connectivity index (χ1) is 8.43. The molecule has 1 aromatic carbocycles. The van der Waals surface area contributed by atoms with Crippen molar-refractivity contribution in [2.24, 2.45) is 0 Å². The number of rotatable bonds is 1. The van der Waals surface area contributed by atoms with Crippen molar-refractivity contribution in [1.29, 1.82) is 0 Å². The van der Waals surface area contributed by atoms with E-state index in [4.69, 9.17) is 14.2 Å². The van der Waals surface area contributed by atoms with Crippen LogP contribution in [-0.4, -0.2) is 26.0 Å². The molecule has 0 bridgehead atoms. The summed E-state index contributed by atoms with van der Waals surface area (Å²) in [5, 5.41) is 3.55. The topological polar surface area (TPSA) is 39.7 Å². The van der Waals surface area contributed by atoms with Gasteiger partial charge in [-0.2, -0.15) is 0 Å². The van der Waals surface area contributed by atoms with Crippen molar-refractivity contribution in [2.75, 3.05) is 19.9 Å². The third-order valence-electron chi connectivity index (χ3n) is 3.91.